The summed E-state index contributed by atoms with van der Waals surface area (Å²) in [6, 6.07) is 16.1. The summed E-state index contributed by atoms with van der Waals surface area (Å²) in [5, 5.41) is 21.6. The molecule has 22 heavy (non-hydrogen) atoms. The van der Waals surface area contributed by atoms with Crippen molar-refractivity contribution in [1.29, 1.82) is 5.26 Å². The van der Waals surface area contributed by atoms with Crippen molar-refractivity contribution < 1.29 is 13.5 Å². The Morgan fingerprint density at radius 2 is 1.68 bits per heavy atom. The second kappa shape index (κ2) is 6.33. The Balaban J connectivity index is 2.44. The van der Waals surface area contributed by atoms with E-state index in [4.69, 9.17) is 5.26 Å². The maximum atomic E-state index is 12.4. The molecule has 0 aliphatic heterocycles. The first-order valence-corrected chi connectivity index (χ1v) is 7.90. The molecule has 0 aliphatic carbocycles. The van der Waals surface area contributed by atoms with Gasteiger partial charge in [-0.05, 0) is 31.2 Å². The van der Waals surface area contributed by atoms with E-state index >= 15 is 0 Å². The van der Waals surface area contributed by atoms with Crippen molar-refractivity contribution in [2.75, 3.05) is 5.32 Å². The summed E-state index contributed by atoms with van der Waals surface area (Å²) in [4.78, 5) is -0.767. The average molecular weight is 314 g/mol. The molecule has 2 N–H and O–H groups in total. The van der Waals surface area contributed by atoms with E-state index in [1.807, 2.05) is 6.92 Å². The molecule has 2 rings (SSSR count). The first-order valence-electron chi connectivity index (χ1n) is 6.42. The Hall–Kier alpha value is -2.78. The molecule has 0 bridgehead atoms. The van der Waals surface area contributed by atoms with Gasteiger partial charge in [0.15, 0.2) is 0 Å². The summed E-state index contributed by atoms with van der Waals surface area (Å²) >= 11 is 0. The zero-order valence-electron chi connectivity index (χ0n) is 11.8. The molecule has 0 radical (unpaired) electrons. The van der Waals surface area contributed by atoms with Gasteiger partial charge in [0.25, 0.3) is 0 Å². The van der Waals surface area contributed by atoms with E-state index < -0.39 is 20.6 Å². The van der Waals surface area contributed by atoms with E-state index in [1.165, 1.54) is 12.1 Å². The first kappa shape index (κ1) is 15.6. The van der Waals surface area contributed by atoms with E-state index in [0.717, 1.165) is 5.56 Å². The number of rotatable bonds is 4. The van der Waals surface area contributed by atoms with Gasteiger partial charge in [-0.1, -0.05) is 35.9 Å². The van der Waals surface area contributed by atoms with Crippen LogP contribution in [0.4, 0.5) is 5.69 Å². The summed E-state index contributed by atoms with van der Waals surface area (Å²) in [5.41, 5.74) is 1.37. The highest BCUT2D eigenvalue weighted by molar-refractivity contribution is 7.95. The smallest absolute Gasteiger partial charge is 0.221 e. The number of hydrogen-bond acceptors (Lipinski definition) is 5. The molecule has 0 aromatic heterocycles. The van der Waals surface area contributed by atoms with Crippen molar-refractivity contribution in [1.82, 2.24) is 0 Å². The van der Waals surface area contributed by atoms with Gasteiger partial charge < -0.3 is 10.4 Å². The highest BCUT2D eigenvalue weighted by Crippen LogP contribution is 2.22. The minimum Gasteiger partial charge on any atom is -0.493 e. The van der Waals surface area contributed by atoms with E-state index in [2.05, 4.69) is 5.32 Å². The summed E-state index contributed by atoms with van der Waals surface area (Å²) in [5.74, 6) is -0.700. The topological polar surface area (TPSA) is 90.2 Å². The number of nitrogens with one attached hydrogen (secondary N) is 1. The van der Waals surface area contributed by atoms with Gasteiger partial charge >= 0.3 is 0 Å². The number of aliphatic hydroxyl groups is 1. The SMILES string of the molecule is Cc1ccc(S(=O)(=O)C(C#N)=C(O)Nc2ccccc2)cc1. The van der Waals surface area contributed by atoms with Crippen molar-refractivity contribution in [3.8, 4) is 6.07 Å². The van der Waals surface area contributed by atoms with Crippen LogP contribution in [0.5, 0.6) is 0 Å². The Kier molecular flexibility index (Phi) is 4.49. The van der Waals surface area contributed by atoms with E-state index in [9.17, 15) is 13.5 Å². The molecule has 0 unspecified atom stereocenters. The monoisotopic (exact) mass is 314 g/mol. The fourth-order valence-electron chi connectivity index (χ4n) is 1.79. The largest absolute Gasteiger partial charge is 0.493 e. The van der Waals surface area contributed by atoms with Crippen LogP contribution in [-0.2, 0) is 9.84 Å². The average Bonchev–Trinajstić information content (AvgIpc) is 2.49. The van der Waals surface area contributed by atoms with Crippen molar-refractivity contribution in [3.63, 3.8) is 0 Å². The molecule has 5 nitrogen and oxygen atoms in total. The molecular formula is C16H14N2O3S. The highest BCUT2D eigenvalue weighted by atomic mass is 32.2. The third-order valence-electron chi connectivity index (χ3n) is 2.95. The van der Waals surface area contributed by atoms with Crippen LogP contribution >= 0.6 is 0 Å². The number of sulfone groups is 1. The Labute approximate surface area is 129 Å². The number of nitrogens with zero attached hydrogens (tertiary/aromatic N) is 1. The predicted octanol–water partition coefficient (Wildman–Crippen LogP) is 3.13. The summed E-state index contributed by atoms with van der Waals surface area (Å²) in [6.07, 6.45) is 0. The molecule has 0 saturated heterocycles. The summed E-state index contributed by atoms with van der Waals surface area (Å²) < 4.78 is 24.9. The lowest BCUT2D eigenvalue weighted by atomic mass is 10.2. The zero-order valence-corrected chi connectivity index (χ0v) is 12.6. The normalized spacial score (nSPS) is 12.2. The van der Waals surface area contributed by atoms with Crippen LogP contribution in [0.25, 0.3) is 0 Å². The Morgan fingerprint density at radius 1 is 1.09 bits per heavy atom. The van der Waals surface area contributed by atoms with Gasteiger partial charge in [-0.3, -0.25) is 0 Å². The van der Waals surface area contributed by atoms with Crippen LogP contribution in [0.15, 0.2) is 70.3 Å². The summed E-state index contributed by atoms with van der Waals surface area (Å²) in [6.45, 7) is 1.83. The third kappa shape index (κ3) is 3.27. The molecule has 0 heterocycles. The predicted molar refractivity (Wildman–Crippen MR) is 83.7 cm³/mol. The number of para-hydroxylation sites is 1. The van der Waals surface area contributed by atoms with Crippen LogP contribution in [0.1, 0.15) is 5.56 Å². The molecule has 0 aliphatic rings. The molecule has 2 aromatic rings. The van der Waals surface area contributed by atoms with Gasteiger partial charge in [0.1, 0.15) is 6.07 Å². The minimum atomic E-state index is -4.08. The zero-order chi connectivity index (χ0) is 16.2. The lowest BCUT2D eigenvalue weighted by Gasteiger charge is -2.08. The number of allylic oxidation sites excluding steroid dienone is 1. The van der Waals surface area contributed by atoms with Gasteiger partial charge in [-0.25, -0.2) is 8.42 Å². The van der Waals surface area contributed by atoms with Gasteiger partial charge in [-0.15, -0.1) is 0 Å². The molecule has 0 amide bonds. The molecule has 112 valence electrons. The molecule has 0 saturated carbocycles. The van der Waals surface area contributed by atoms with Crippen LogP contribution < -0.4 is 5.32 Å². The van der Waals surface area contributed by atoms with E-state index in [0.29, 0.717) is 5.69 Å². The van der Waals surface area contributed by atoms with Gasteiger partial charge in [0.05, 0.1) is 4.90 Å². The van der Waals surface area contributed by atoms with Gasteiger partial charge in [-0.2, -0.15) is 5.26 Å². The summed E-state index contributed by atoms with van der Waals surface area (Å²) in [7, 11) is -4.08. The number of nitriles is 1. The molecular weight excluding hydrogens is 300 g/mol. The van der Waals surface area contributed by atoms with Crippen LogP contribution in [0.3, 0.4) is 0 Å². The maximum absolute atomic E-state index is 12.4. The van der Waals surface area contributed by atoms with Crippen molar-refractivity contribution in [2.45, 2.75) is 11.8 Å². The Morgan fingerprint density at radius 3 is 2.23 bits per heavy atom. The second-order valence-corrected chi connectivity index (χ2v) is 6.48. The van der Waals surface area contributed by atoms with Crippen LogP contribution in [0, 0.1) is 18.3 Å². The van der Waals surface area contributed by atoms with Crippen LogP contribution in [0.2, 0.25) is 0 Å². The number of benzene rings is 2. The molecule has 0 spiro atoms. The molecule has 2 aromatic carbocycles. The van der Waals surface area contributed by atoms with Crippen molar-refractivity contribution in [2.24, 2.45) is 0 Å². The van der Waals surface area contributed by atoms with Crippen molar-refractivity contribution >= 4 is 15.5 Å². The molecule has 0 atom stereocenters. The highest BCUT2D eigenvalue weighted by Gasteiger charge is 2.25. The number of aliphatic hydroxyl groups excluding tert-OH is 1. The number of hydrogen-bond donors (Lipinski definition) is 2. The Bertz CT molecular complexity index is 833. The number of aryl methyl sites for hydroxylation is 1. The maximum Gasteiger partial charge on any atom is 0.221 e. The fourth-order valence-corrected chi connectivity index (χ4v) is 2.95. The molecule has 6 heteroatoms. The lowest BCUT2D eigenvalue weighted by Crippen LogP contribution is -2.11. The minimum absolute atomic E-state index is 0.0453. The van der Waals surface area contributed by atoms with Crippen molar-refractivity contribution in [3.05, 3.63) is 70.9 Å². The van der Waals surface area contributed by atoms with E-state index in [1.54, 1.807) is 48.5 Å². The third-order valence-corrected chi connectivity index (χ3v) is 4.67. The molecule has 0 fully saturated rings. The number of anilines is 1. The second-order valence-electron chi connectivity index (χ2n) is 4.60. The fraction of sp³-hybridized carbons (Fsp3) is 0.0625. The van der Waals surface area contributed by atoms with Gasteiger partial charge in [0.2, 0.25) is 20.6 Å². The van der Waals surface area contributed by atoms with Crippen LogP contribution in [-0.4, -0.2) is 13.5 Å². The quantitative estimate of drug-likeness (QED) is 0.668. The standard InChI is InChI=1S/C16H14N2O3S/c1-12-7-9-14(10-8-12)22(20,21)15(11-17)16(19)18-13-5-3-2-4-6-13/h2-10,18-19H,1H3. The lowest BCUT2D eigenvalue weighted by molar-refractivity contribution is 0.417. The van der Waals surface area contributed by atoms with E-state index in [-0.39, 0.29) is 4.90 Å². The first-order chi connectivity index (χ1) is 10.4. The van der Waals surface area contributed by atoms with Gasteiger partial charge in [0, 0.05) is 5.69 Å².